The molecule has 0 atom stereocenters. The lowest BCUT2D eigenvalue weighted by Crippen LogP contribution is -2.06. The summed E-state index contributed by atoms with van der Waals surface area (Å²) >= 11 is 3.39. The van der Waals surface area contributed by atoms with Crippen molar-refractivity contribution in [1.82, 2.24) is 4.98 Å². The van der Waals surface area contributed by atoms with Crippen molar-refractivity contribution in [1.29, 1.82) is 0 Å². The second-order valence-electron chi connectivity index (χ2n) is 3.64. The van der Waals surface area contributed by atoms with Gasteiger partial charge in [-0.25, -0.2) is 9.78 Å². The molecule has 0 saturated heterocycles. The molecule has 4 nitrogen and oxygen atoms in total. The summed E-state index contributed by atoms with van der Waals surface area (Å²) in [5.41, 5.74) is 6.74. The van der Waals surface area contributed by atoms with Crippen LogP contribution in [0.2, 0.25) is 0 Å². The van der Waals surface area contributed by atoms with Gasteiger partial charge < -0.3 is 10.5 Å². The molecule has 0 radical (unpaired) electrons. The van der Waals surface area contributed by atoms with E-state index in [-0.39, 0.29) is 6.61 Å². The van der Waals surface area contributed by atoms with Gasteiger partial charge >= 0.3 is 5.97 Å². The minimum absolute atomic E-state index is 0.213. The summed E-state index contributed by atoms with van der Waals surface area (Å²) in [6.07, 6.45) is 1.40. The first-order chi connectivity index (χ1) is 8.66. The van der Waals surface area contributed by atoms with E-state index < -0.39 is 5.97 Å². The van der Waals surface area contributed by atoms with Gasteiger partial charge in [-0.15, -0.1) is 0 Å². The summed E-state index contributed by atoms with van der Waals surface area (Å²) in [7, 11) is 0. The van der Waals surface area contributed by atoms with Crippen molar-refractivity contribution in [3.8, 4) is 0 Å². The van der Waals surface area contributed by atoms with Gasteiger partial charge in [0.2, 0.25) is 0 Å². The van der Waals surface area contributed by atoms with Crippen LogP contribution in [0.4, 0.5) is 5.82 Å². The van der Waals surface area contributed by atoms with Crippen LogP contribution < -0.4 is 5.73 Å². The Hall–Kier alpha value is -1.88. The summed E-state index contributed by atoms with van der Waals surface area (Å²) in [6.45, 7) is 0.213. The van der Waals surface area contributed by atoms with Crippen molar-refractivity contribution in [3.63, 3.8) is 0 Å². The predicted octanol–water partition coefficient (Wildman–Crippen LogP) is 2.78. The lowest BCUT2D eigenvalue weighted by molar-refractivity contribution is 0.0471. The van der Waals surface area contributed by atoms with Gasteiger partial charge in [0.15, 0.2) is 0 Å². The number of carbonyl (C=O) groups is 1. The number of rotatable bonds is 3. The smallest absolute Gasteiger partial charge is 0.340 e. The van der Waals surface area contributed by atoms with E-state index in [1.54, 1.807) is 12.1 Å². The number of hydrogen-bond donors (Lipinski definition) is 1. The van der Waals surface area contributed by atoms with E-state index in [4.69, 9.17) is 10.5 Å². The number of pyridine rings is 1. The Morgan fingerprint density at radius 3 is 2.72 bits per heavy atom. The summed E-state index contributed by atoms with van der Waals surface area (Å²) in [6, 6.07) is 10.7. The van der Waals surface area contributed by atoms with Crippen molar-refractivity contribution in [3.05, 3.63) is 58.2 Å². The highest BCUT2D eigenvalue weighted by molar-refractivity contribution is 9.10. The fourth-order valence-electron chi connectivity index (χ4n) is 1.37. The Labute approximate surface area is 113 Å². The maximum Gasteiger partial charge on any atom is 0.340 e. The van der Waals surface area contributed by atoms with Gasteiger partial charge in [-0.05, 0) is 18.2 Å². The van der Waals surface area contributed by atoms with Crippen LogP contribution in [-0.4, -0.2) is 11.0 Å². The number of nitrogens with zero attached hydrogens (tertiary/aromatic N) is 1. The number of hydrogen-bond acceptors (Lipinski definition) is 4. The molecule has 1 aromatic carbocycles. The molecule has 0 fully saturated rings. The van der Waals surface area contributed by atoms with Crippen LogP contribution in [0, 0.1) is 0 Å². The Morgan fingerprint density at radius 1 is 1.28 bits per heavy atom. The molecular formula is C13H11BrN2O2. The van der Waals surface area contributed by atoms with Crippen molar-refractivity contribution in [2.24, 2.45) is 0 Å². The second-order valence-corrected chi connectivity index (χ2v) is 4.49. The molecule has 0 spiro atoms. The molecule has 0 aliphatic rings. The largest absolute Gasteiger partial charge is 0.457 e. The highest BCUT2D eigenvalue weighted by Crippen LogP contribution is 2.17. The first kappa shape index (κ1) is 12.6. The standard InChI is InChI=1S/C13H11BrN2O2/c14-11-4-2-1-3-10(11)8-18-13(17)9-5-6-12(15)16-7-9/h1-7H,8H2,(H2,15,16). The number of ether oxygens (including phenoxy) is 1. The van der Waals surface area contributed by atoms with E-state index in [0.717, 1.165) is 10.0 Å². The highest BCUT2D eigenvalue weighted by Gasteiger charge is 2.08. The van der Waals surface area contributed by atoms with Gasteiger partial charge in [-0.3, -0.25) is 0 Å². The molecule has 1 aromatic heterocycles. The SMILES string of the molecule is Nc1ccc(C(=O)OCc2ccccc2Br)cn1. The third-order valence-corrected chi connectivity index (χ3v) is 3.11. The quantitative estimate of drug-likeness (QED) is 0.886. The number of anilines is 1. The van der Waals surface area contributed by atoms with Crippen LogP contribution in [0.15, 0.2) is 47.1 Å². The fourth-order valence-corrected chi connectivity index (χ4v) is 1.77. The Kier molecular flexibility index (Phi) is 3.94. The zero-order chi connectivity index (χ0) is 13.0. The lowest BCUT2D eigenvalue weighted by Gasteiger charge is -2.06. The fraction of sp³-hybridized carbons (Fsp3) is 0.0769. The number of aromatic nitrogens is 1. The van der Waals surface area contributed by atoms with Crippen molar-refractivity contribution < 1.29 is 9.53 Å². The Morgan fingerprint density at radius 2 is 2.06 bits per heavy atom. The zero-order valence-electron chi connectivity index (χ0n) is 9.47. The highest BCUT2D eigenvalue weighted by atomic mass is 79.9. The lowest BCUT2D eigenvalue weighted by atomic mass is 10.2. The second kappa shape index (κ2) is 5.64. The molecule has 0 saturated carbocycles. The number of esters is 1. The van der Waals surface area contributed by atoms with Crippen molar-refractivity contribution in [2.75, 3.05) is 5.73 Å². The topological polar surface area (TPSA) is 65.2 Å². The van der Waals surface area contributed by atoms with E-state index in [0.29, 0.717) is 11.4 Å². The zero-order valence-corrected chi connectivity index (χ0v) is 11.1. The summed E-state index contributed by atoms with van der Waals surface area (Å²) in [5, 5.41) is 0. The van der Waals surface area contributed by atoms with Crippen LogP contribution in [0.3, 0.4) is 0 Å². The average Bonchev–Trinajstić information content (AvgIpc) is 2.38. The number of nitrogen functional groups attached to an aromatic ring is 1. The summed E-state index contributed by atoms with van der Waals surface area (Å²) in [5.74, 6) is -0.0457. The normalized spacial score (nSPS) is 10.1. The molecule has 1 heterocycles. The molecule has 92 valence electrons. The van der Waals surface area contributed by atoms with Crippen LogP contribution in [-0.2, 0) is 11.3 Å². The first-order valence-electron chi connectivity index (χ1n) is 5.29. The molecule has 0 amide bonds. The molecule has 2 rings (SSSR count). The van der Waals surface area contributed by atoms with Gasteiger partial charge in [0.05, 0.1) is 5.56 Å². The molecule has 0 bridgehead atoms. The van der Waals surface area contributed by atoms with Gasteiger partial charge in [0.25, 0.3) is 0 Å². The maximum atomic E-state index is 11.7. The summed E-state index contributed by atoms with van der Waals surface area (Å²) < 4.78 is 6.10. The molecule has 18 heavy (non-hydrogen) atoms. The summed E-state index contributed by atoms with van der Waals surface area (Å²) in [4.78, 5) is 15.6. The number of carbonyl (C=O) groups excluding carboxylic acids is 1. The maximum absolute atomic E-state index is 11.7. The van der Waals surface area contributed by atoms with Gasteiger partial charge in [0.1, 0.15) is 12.4 Å². The number of halogens is 1. The molecule has 5 heteroatoms. The number of benzene rings is 1. The van der Waals surface area contributed by atoms with Crippen LogP contribution >= 0.6 is 15.9 Å². The minimum atomic E-state index is -0.418. The van der Waals surface area contributed by atoms with Crippen molar-refractivity contribution in [2.45, 2.75) is 6.61 Å². The Balaban J connectivity index is 2.01. The average molecular weight is 307 g/mol. The molecule has 0 aliphatic carbocycles. The molecule has 0 aliphatic heterocycles. The van der Waals surface area contributed by atoms with Crippen LogP contribution in [0.5, 0.6) is 0 Å². The molecule has 2 aromatic rings. The number of nitrogens with two attached hydrogens (primary N) is 1. The Bertz CT molecular complexity index is 555. The van der Waals surface area contributed by atoms with E-state index in [2.05, 4.69) is 20.9 Å². The van der Waals surface area contributed by atoms with E-state index in [1.165, 1.54) is 6.20 Å². The molecule has 2 N–H and O–H groups in total. The van der Waals surface area contributed by atoms with Gasteiger partial charge in [0, 0.05) is 16.2 Å². The van der Waals surface area contributed by atoms with Gasteiger partial charge in [-0.1, -0.05) is 34.1 Å². The molecular weight excluding hydrogens is 296 g/mol. The monoisotopic (exact) mass is 306 g/mol. The van der Waals surface area contributed by atoms with E-state index >= 15 is 0 Å². The third kappa shape index (κ3) is 3.07. The van der Waals surface area contributed by atoms with Crippen LogP contribution in [0.1, 0.15) is 15.9 Å². The van der Waals surface area contributed by atoms with Crippen molar-refractivity contribution >= 4 is 27.7 Å². The third-order valence-electron chi connectivity index (χ3n) is 2.34. The van der Waals surface area contributed by atoms with Crippen LogP contribution in [0.25, 0.3) is 0 Å². The molecule has 0 unspecified atom stereocenters. The van der Waals surface area contributed by atoms with Gasteiger partial charge in [-0.2, -0.15) is 0 Å². The minimum Gasteiger partial charge on any atom is -0.457 e. The van der Waals surface area contributed by atoms with E-state index in [1.807, 2.05) is 24.3 Å². The van der Waals surface area contributed by atoms with E-state index in [9.17, 15) is 4.79 Å². The first-order valence-corrected chi connectivity index (χ1v) is 6.08. The predicted molar refractivity (Wildman–Crippen MR) is 71.9 cm³/mol.